The highest BCUT2D eigenvalue weighted by molar-refractivity contribution is 7.17. The van der Waals surface area contributed by atoms with Gasteiger partial charge in [-0.2, -0.15) is 0 Å². The lowest BCUT2D eigenvalue weighted by Gasteiger charge is -2.36. The normalized spacial score (nSPS) is 23.2. The second-order valence-corrected chi connectivity index (χ2v) is 11.5. The molecule has 1 aliphatic heterocycles. The number of hydrogen-bond acceptors (Lipinski definition) is 4. The van der Waals surface area contributed by atoms with Crippen molar-refractivity contribution in [3.63, 3.8) is 0 Å². The Hall–Kier alpha value is -2.25. The molecule has 2 aliphatic rings. The summed E-state index contributed by atoms with van der Waals surface area (Å²) in [4.78, 5) is 29.7. The Balaban J connectivity index is 1.69. The number of nitrogens with one attached hydrogen (secondary N) is 1. The summed E-state index contributed by atoms with van der Waals surface area (Å²) < 4.78 is 19.1. The average Bonchev–Trinajstić information content (AvgIpc) is 3.09. The fourth-order valence-corrected chi connectivity index (χ4v) is 6.23. The number of carbonyl (C=O) groups excluding carboxylic acids is 2. The van der Waals surface area contributed by atoms with Crippen molar-refractivity contribution >= 4 is 28.2 Å². The SMILES string of the molecule is C[C@@H]1CN(C(=O)c2c(NC(=O)c3ccc(F)cc3)sc3c2CC[C@@H](C(C)(C)C)C3)C[C@H](C)O1. The molecule has 2 amide bonds. The van der Waals surface area contributed by atoms with E-state index in [4.69, 9.17) is 4.74 Å². The van der Waals surface area contributed by atoms with Crippen molar-refractivity contribution < 1.29 is 18.7 Å². The van der Waals surface area contributed by atoms with Crippen LogP contribution < -0.4 is 5.32 Å². The first kappa shape index (κ1) is 23.9. The molecular formula is C26H33FN2O3S. The number of nitrogens with zero attached hydrogens (tertiary/aromatic N) is 1. The van der Waals surface area contributed by atoms with Crippen LogP contribution in [0.5, 0.6) is 0 Å². The molecule has 3 atom stereocenters. The molecule has 0 radical (unpaired) electrons. The van der Waals surface area contributed by atoms with Crippen LogP contribution in [-0.4, -0.2) is 42.0 Å². The summed E-state index contributed by atoms with van der Waals surface area (Å²) in [5.41, 5.74) is 2.24. The number of hydrogen-bond donors (Lipinski definition) is 1. The van der Waals surface area contributed by atoms with Gasteiger partial charge in [-0.05, 0) is 74.3 Å². The van der Waals surface area contributed by atoms with Gasteiger partial charge >= 0.3 is 0 Å². The monoisotopic (exact) mass is 472 g/mol. The van der Waals surface area contributed by atoms with Gasteiger partial charge in [0.25, 0.3) is 11.8 Å². The predicted molar refractivity (Wildman–Crippen MR) is 130 cm³/mol. The molecule has 0 spiro atoms. The maximum atomic E-state index is 13.8. The Labute approximate surface area is 199 Å². The number of carbonyl (C=O) groups is 2. The highest BCUT2D eigenvalue weighted by Crippen LogP contribution is 2.45. The van der Waals surface area contributed by atoms with Gasteiger partial charge in [-0.3, -0.25) is 9.59 Å². The van der Waals surface area contributed by atoms with Crippen molar-refractivity contribution in [3.8, 4) is 0 Å². The summed E-state index contributed by atoms with van der Waals surface area (Å²) in [5, 5.41) is 3.58. The van der Waals surface area contributed by atoms with Crippen LogP contribution in [0.3, 0.4) is 0 Å². The first-order chi connectivity index (χ1) is 15.5. The molecule has 2 aromatic rings. The second kappa shape index (κ2) is 9.18. The summed E-state index contributed by atoms with van der Waals surface area (Å²) in [7, 11) is 0. The topological polar surface area (TPSA) is 58.6 Å². The third-order valence-corrected chi connectivity index (χ3v) is 7.91. The first-order valence-corrected chi connectivity index (χ1v) is 12.5. The Morgan fingerprint density at radius 1 is 1.12 bits per heavy atom. The van der Waals surface area contributed by atoms with Gasteiger partial charge in [-0.1, -0.05) is 20.8 Å². The molecule has 178 valence electrons. The maximum absolute atomic E-state index is 13.8. The molecule has 2 heterocycles. The summed E-state index contributed by atoms with van der Waals surface area (Å²) in [6.07, 6.45) is 2.70. The second-order valence-electron chi connectivity index (χ2n) is 10.4. The van der Waals surface area contributed by atoms with E-state index < -0.39 is 5.82 Å². The third kappa shape index (κ3) is 5.14. The maximum Gasteiger partial charge on any atom is 0.257 e. The molecule has 1 aliphatic carbocycles. The standard InChI is InChI=1S/C26H33FN2O3S/c1-15-13-29(14-16(2)32-15)25(31)22-20-11-8-18(26(3,4)5)12-21(20)33-24(22)28-23(30)17-6-9-19(27)10-7-17/h6-7,9-10,15-16,18H,8,11-14H2,1-5H3,(H,28,30)/t15-,16+,18-/m1/s1. The van der Waals surface area contributed by atoms with E-state index >= 15 is 0 Å². The fraction of sp³-hybridized carbons (Fsp3) is 0.538. The van der Waals surface area contributed by atoms with Crippen LogP contribution in [0.1, 0.15) is 72.2 Å². The lowest BCUT2D eigenvalue weighted by atomic mass is 9.72. The van der Waals surface area contributed by atoms with Crippen LogP contribution in [0, 0.1) is 17.2 Å². The van der Waals surface area contributed by atoms with Crippen LogP contribution in [0.4, 0.5) is 9.39 Å². The molecule has 0 unspecified atom stereocenters. The van der Waals surface area contributed by atoms with Gasteiger partial charge in [0.15, 0.2) is 0 Å². The van der Waals surface area contributed by atoms with Crippen LogP contribution in [0.15, 0.2) is 24.3 Å². The summed E-state index contributed by atoms with van der Waals surface area (Å²) >= 11 is 1.52. The van der Waals surface area contributed by atoms with Crippen molar-refractivity contribution in [1.82, 2.24) is 4.90 Å². The lowest BCUT2D eigenvalue weighted by molar-refractivity contribution is -0.0586. The van der Waals surface area contributed by atoms with Gasteiger partial charge in [0.2, 0.25) is 0 Å². The molecule has 1 aromatic carbocycles. The van der Waals surface area contributed by atoms with E-state index in [1.165, 1.54) is 40.5 Å². The number of anilines is 1. The van der Waals surface area contributed by atoms with Gasteiger partial charge in [0, 0.05) is 23.5 Å². The number of thiophene rings is 1. The van der Waals surface area contributed by atoms with E-state index in [2.05, 4.69) is 26.1 Å². The molecule has 4 rings (SSSR count). The lowest BCUT2D eigenvalue weighted by Crippen LogP contribution is -2.48. The number of rotatable bonds is 3. The van der Waals surface area contributed by atoms with Crippen LogP contribution in [-0.2, 0) is 17.6 Å². The summed E-state index contributed by atoms with van der Waals surface area (Å²) in [5.74, 6) is -0.245. The quantitative estimate of drug-likeness (QED) is 0.638. The molecule has 5 nitrogen and oxygen atoms in total. The van der Waals surface area contributed by atoms with Crippen molar-refractivity contribution in [2.75, 3.05) is 18.4 Å². The van der Waals surface area contributed by atoms with Crippen molar-refractivity contribution in [2.24, 2.45) is 11.3 Å². The minimum Gasteiger partial charge on any atom is -0.372 e. The van der Waals surface area contributed by atoms with E-state index in [1.54, 1.807) is 0 Å². The van der Waals surface area contributed by atoms with Crippen LogP contribution in [0.25, 0.3) is 0 Å². The zero-order valence-electron chi connectivity index (χ0n) is 20.0. The van der Waals surface area contributed by atoms with Gasteiger partial charge in [0.05, 0.1) is 17.8 Å². The first-order valence-electron chi connectivity index (χ1n) is 11.7. The summed E-state index contributed by atoms with van der Waals surface area (Å²) in [6.45, 7) is 11.8. The Morgan fingerprint density at radius 2 is 1.76 bits per heavy atom. The molecule has 0 saturated carbocycles. The molecule has 0 bridgehead atoms. The summed E-state index contributed by atoms with van der Waals surface area (Å²) in [6, 6.07) is 5.46. The van der Waals surface area contributed by atoms with Gasteiger partial charge in [-0.15, -0.1) is 11.3 Å². The van der Waals surface area contributed by atoms with Crippen LogP contribution >= 0.6 is 11.3 Å². The van der Waals surface area contributed by atoms with Crippen molar-refractivity contribution in [3.05, 3.63) is 51.7 Å². The number of morpholine rings is 1. The minimum atomic E-state index is -0.391. The van der Waals surface area contributed by atoms with Gasteiger partial charge in [-0.25, -0.2) is 4.39 Å². The molecular weight excluding hydrogens is 439 g/mol. The van der Waals surface area contributed by atoms with Crippen molar-refractivity contribution in [2.45, 2.75) is 66.1 Å². The average molecular weight is 473 g/mol. The number of amides is 2. The largest absolute Gasteiger partial charge is 0.372 e. The molecule has 1 fully saturated rings. The van der Waals surface area contributed by atoms with E-state index in [-0.39, 0.29) is 29.4 Å². The Kier molecular flexibility index (Phi) is 6.65. The molecule has 7 heteroatoms. The van der Waals surface area contributed by atoms with E-state index in [0.717, 1.165) is 24.8 Å². The third-order valence-electron chi connectivity index (χ3n) is 6.74. The number of ether oxygens (including phenoxy) is 1. The Morgan fingerprint density at radius 3 is 2.36 bits per heavy atom. The minimum absolute atomic E-state index is 0.0327. The number of benzene rings is 1. The highest BCUT2D eigenvalue weighted by Gasteiger charge is 2.36. The number of fused-ring (bicyclic) bond motifs is 1. The van der Waals surface area contributed by atoms with Crippen molar-refractivity contribution in [1.29, 1.82) is 0 Å². The Bertz CT molecular complexity index is 1030. The van der Waals surface area contributed by atoms with E-state index in [0.29, 0.717) is 35.1 Å². The molecule has 1 N–H and O–H groups in total. The predicted octanol–water partition coefficient (Wildman–Crippen LogP) is 5.54. The molecule has 1 aromatic heterocycles. The zero-order chi connectivity index (χ0) is 23.9. The number of halogens is 1. The van der Waals surface area contributed by atoms with Gasteiger partial charge < -0.3 is 15.0 Å². The van der Waals surface area contributed by atoms with Crippen LogP contribution in [0.2, 0.25) is 0 Å². The van der Waals surface area contributed by atoms with E-state index in [1.807, 2.05) is 18.7 Å². The smallest absolute Gasteiger partial charge is 0.257 e. The fourth-order valence-electron chi connectivity index (χ4n) is 4.92. The van der Waals surface area contributed by atoms with Gasteiger partial charge in [0.1, 0.15) is 10.8 Å². The zero-order valence-corrected chi connectivity index (χ0v) is 20.9. The van der Waals surface area contributed by atoms with E-state index in [9.17, 15) is 14.0 Å². The molecule has 33 heavy (non-hydrogen) atoms. The molecule has 1 saturated heterocycles. The highest BCUT2D eigenvalue weighted by atomic mass is 32.1.